The minimum absolute atomic E-state index is 0. The number of carboxylic acid groups (broad SMARTS) is 2. The normalized spacial score (nSPS) is 19.9. The van der Waals surface area contributed by atoms with Crippen LogP contribution in [-0.4, -0.2) is 37.1 Å². The molecule has 0 bridgehead atoms. The molecule has 0 spiro atoms. The van der Waals surface area contributed by atoms with E-state index in [0.29, 0.717) is 12.1 Å². The molecule has 2 aliphatic rings. The molecule has 0 aromatic heterocycles. The van der Waals surface area contributed by atoms with Crippen LogP contribution >= 0.6 is 0 Å². The molecule has 0 unspecified atom stereocenters. The van der Waals surface area contributed by atoms with E-state index in [1.54, 1.807) is 0 Å². The molecule has 7 heteroatoms. The van der Waals surface area contributed by atoms with Gasteiger partial charge in [-0.05, 0) is 25.7 Å². The van der Waals surface area contributed by atoms with Gasteiger partial charge in [0, 0.05) is 25.2 Å². The van der Waals surface area contributed by atoms with Crippen LogP contribution in [0.3, 0.4) is 0 Å². The van der Waals surface area contributed by atoms with E-state index in [4.69, 9.17) is 0 Å². The second-order valence-electron chi connectivity index (χ2n) is 7.59. The van der Waals surface area contributed by atoms with Gasteiger partial charge in [0.2, 0.25) is 0 Å². The zero-order valence-corrected chi connectivity index (χ0v) is 17.3. The molecule has 161 valence electrons. The maximum absolute atomic E-state index is 10.2. The molecule has 0 amide bonds. The van der Waals surface area contributed by atoms with Gasteiger partial charge in [-0.15, -0.1) is 0 Å². The average Bonchev–Trinajstić information content (AvgIpc) is 2.53. The summed E-state index contributed by atoms with van der Waals surface area (Å²) in [6, 6.07) is 0.802. The third-order valence-corrected chi connectivity index (χ3v) is 5.28. The standard InChI is InChI=1S/2C10H19NO2.Cu/c2*12-10(13)8-11-9-6-4-2-1-3-5-7-9;/h2*9,11H,1-8H2,(H,12,13);/q;;+2/p-2. The SMILES string of the molecule is O=C([O-])CNC1CCCCCCC1.O=C([O-])CNC1CCCCCCC1.[Cu+2]. The smallest absolute Gasteiger partial charge is 0.549 e. The third kappa shape index (κ3) is 16.1. The number of nitrogens with one attached hydrogen (secondary N) is 2. The summed E-state index contributed by atoms with van der Waals surface area (Å²) in [5.74, 6) is -2.00. The van der Waals surface area contributed by atoms with Gasteiger partial charge in [-0.3, -0.25) is 0 Å². The summed E-state index contributed by atoms with van der Waals surface area (Å²) in [6.45, 7) is 0.00926. The van der Waals surface area contributed by atoms with Crippen molar-refractivity contribution >= 4 is 11.9 Å². The Kier molecular flexibility index (Phi) is 17.1. The van der Waals surface area contributed by atoms with Crippen LogP contribution in [0.15, 0.2) is 0 Å². The minimum Gasteiger partial charge on any atom is -0.549 e. The van der Waals surface area contributed by atoms with Gasteiger partial charge in [0.05, 0.1) is 11.9 Å². The Balaban J connectivity index is 0.000000483. The van der Waals surface area contributed by atoms with Gasteiger partial charge in [-0.2, -0.15) is 0 Å². The average molecular weight is 432 g/mol. The van der Waals surface area contributed by atoms with E-state index < -0.39 is 11.9 Å². The molecule has 0 heterocycles. The fourth-order valence-corrected chi connectivity index (χ4v) is 3.78. The first kappa shape index (κ1) is 26.4. The fraction of sp³-hybridized carbons (Fsp3) is 0.900. The van der Waals surface area contributed by atoms with Gasteiger partial charge in [0.15, 0.2) is 0 Å². The van der Waals surface area contributed by atoms with E-state index in [0.717, 1.165) is 25.7 Å². The van der Waals surface area contributed by atoms with E-state index in [9.17, 15) is 19.8 Å². The number of hydrogen-bond acceptors (Lipinski definition) is 6. The Morgan fingerprint density at radius 2 is 0.852 bits per heavy atom. The van der Waals surface area contributed by atoms with Crippen molar-refractivity contribution in [1.29, 1.82) is 0 Å². The molecule has 2 saturated carbocycles. The fourth-order valence-electron chi connectivity index (χ4n) is 3.78. The molecule has 0 saturated heterocycles. The molecule has 6 nitrogen and oxygen atoms in total. The monoisotopic (exact) mass is 431 g/mol. The van der Waals surface area contributed by atoms with Crippen molar-refractivity contribution in [2.24, 2.45) is 0 Å². The predicted octanol–water partition coefficient (Wildman–Crippen LogP) is 0.875. The van der Waals surface area contributed by atoms with Crippen molar-refractivity contribution in [2.45, 2.75) is 102 Å². The Labute approximate surface area is 174 Å². The van der Waals surface area contributed by atoms with E-state index in [1.165, 1.54) is 64.2 Å². The van der Waals surface area contributed by atoms with Crippen LogP contribution in [0.1, 0.15) is 89.9 Å². The largest absolute Gasteiger partial charge is 2.00 e. The van der Waals surface area contributed by atoms with Crippen LogP contribution in [0.25, 0.3) is 0 Å². The van der Waals surface area contributed by atoms with Crippen molar-refractivity contribution in [1.82, 2.24) is 10.6 Å². The Bertz CT molecular complexity index is 344. The van der Waals surface area contributed by atoms with Gasteiger partial charge < -0.3 is 30.4 Å². The molecule has 2 aliphatic carbocycles. The first-order chi connectivity index (χ1) is 12.6. The van der Waals surface area contributed by atoms with E-state index >= 15 is 0 Å². The van der Waals surface area contributed by atoms with Crippen LogP contribution in [0.2, 0.25) is 0 Å². The Morgan fingerprint density at radius 1 is 0.593 bits per heavy atom. The number of carbonyl (C=O) groups is 2. The zero-order chi connectivity index (χ0) is 19.0. The molecular weight excluding hydrogens is 396 g/mol. The third-order valence-electron chi connectivity index (χ3n) is 5.28. The van der Waals surface area contributed by atoms with Crippen LogP contribution in [0, 0.1) is 0 Å². The molecule has 0 aliphatic heterocycles. The maximum atomic E-state index is 10.2. The van der Waals surface area contributed by atoms with Crippen LogP contribution in [-0.2, 0) is 26.7 Å². The first-order valence-corrected chi connectivity index (χ1v) is 10.4. The molecule has 27 heavy (non-hydrogen) atoms. The summed E-state index contributed by atoms with van der Waals surface area (Å²) in [5.41, 5.74) is 0. The molecule has 2 rings (SSSR count). The topological polar surface area (TPSA) is 104 Å². The van der Waals surface area contributed by atoms with Crippen molar-refractivity contribution in [3.8, 4) is 0 Å². The van der Waals surface area contributed by atoms with Crippen molar-refractivity contribution < 1.29 is 36.9 Å². The first-order valence-electron chi connectivity index (χ1n) is 10.4. The predicted molar refractivity (Wildman–Crippen MR) is 98.2 cm³/mol. The van der Waals surface area contributed by atoms with Gasteiger partial charge in [-0.1, -0.05) is 64.2 Å². The summed E-state index contributed by atoms with van der Waals surface area (Å²) in [6.07, 6.45) is 17.2. The summed E-state index contributed by atoms with van der Waals surface area (Å²) in [7, 11) is 0. The van der Waals surface area contributed by atoms with Crippen molar-refractivity contribution in [3.05, 3.63) is 0 Å². The summed E-state index contributed by atoms with van der Waals surface area (Å²) in [5, 5.41) is 26.5. The maximum Gasteiger partial charge on any atom is 2.00 e. The van der Waals surface area contributed by atoms with Crippen molar-refractivity contribution in [2.75, 3.05) is 13.1 Å². The van der Waals surface area contributed by atoms with Crippen LogP contribution in [0.5, 0.6) is 0 Å². The minimum atomic E-state index is -0.998. The molecule has 2 fully saturated rings. The molecule has 0 aromatic carbocycles. The number of carbonyl (C=O) groups excluding carboxylic acids is 2. The molecule has 1 radical (unpaired) electrons. The van der Waals surface area contributed by atoms with Gasteiger partial charge in [0.25, 0.3) is 0 Å². The van der Waals surface area contributed by atoms with E-state index in [-0.39, 0.29) is 30.2 Å². The molecular formula is C20H36CuN2O4. The number of carboxylic acids is 2. The number of aliphatic carboxylic acids is 2. The molecule has 2 N–H and O–H groups in total. The molecule has 0 atom stereocenters. The van der Waals surface area contributed by atoms with E-state index in [1.807, 2.05) is 0 Å². The van der Waals surface area contributed by atoms with Gasteiger partial charge in [0.1, 0.15) is 0 Å². The van der Waals surface area contributed by atoms with Gasteiger partial charge in [-0.25, -0.2) is 0 Å². The quantitative estimate of drug-likeness (QED) is 0.605. The summed E-state index contributed by atoms with van der Waals surface area (Å²) in [4.78, 5) is 20.4. The second-order valence-corrected chi connectivity index (χ2v) is 7.59. The second kappa shape index (κ2) is 17.5. The van der Waals surface area contributed by atoms with Gasteiger partial charge >= 0.3 is 17.1 Å². The zero-order valence-electron chi connectivity index (χ0n) is 16.4. The molecule has 0 aromatic rings. The number of rotatable bonds is 6. The van der Waals surface area contributed by atoms with Crippen LogP contribution < -0.4 is 20.8 Å². The summed E-state index contributed by atoms with van der Waals surface area (Å²) < 4.78 is 0. The van der Waals surface area contributed by atoms with E-state index in [2.05, 4.69) is 10.6 Å². The van der Waals surface area contributed by atoms with Crippen LogP contribution in [0.4, 0.5) is 0 Å². The number of hydrogen-bond donors (Lipinski definition) is 2. The van der Waals surface area contributed by atoms with Crippen molar-refractivity contribution in [3.63, 3.8) is 0 Å². The Morgan fingerprint density at radius 3 is 1.11 bits per heavy atom. The summed E-state index contributed by atoms with van der Waals surface area (Å²) >= 11 is 0. The Hall–Kier alpha value is -0.621.